The summed E-state index contributed by atoms with van der Waals surface area (Å²) in [6.45, 7) is 6.97. The molecular weight excluding hydrogens is 216 g/mol. The Labute approximate surface area is 103 Å². The first kappa shape index (κ1) is 13.6. The van der Waals surface area contributed by atoms with Crippen molar-refractivity contribution in [1.29, 1.82) is 0 Å². The Bertz CT molecular complexity index is 349. The quantitative estimate of drug-likeness (QED) is 0.682. The summed E-state index contributed by atoms with van der Waals surface area (Å²) in [6, 6.07) is 8.00. The highest BCUT2D eigenvalue weighted by atomic mass is 16.6. The minimum absolute atomic E-state index is 0.225. The molecule has 0 aliphatic carbocycles. The Morgan fingerprint density at radius 3 is 2.65 bits per heavy atom. The molecule has 0 heterocycles. The van der Waals surface area contributed by atoms with Crippen LogP contribution in [0.4, 0.5) is 0 Å². The summed E-state index contributed by atoms with van der Waals surface area (Å²) in [5.41, 5.74) is 1.20. The lowest BCUT2D eigenvalue weighted by molar-refractivity contribution is -0.134. The molecule has 0 unspecified atom stereocenters. The number of hydrogen-bond acceptors (Lipinski definition) is 3. The van der Waals surface area contributed by atoms with Crippen LogP contribution in [0.15, 0.2) is 24.3 Å². The van der Waals surface area contributed by atoms with Gasteiger partial charge in [0.25, 0.3) is 6.47 Å². The van der Waals surface area contributed by atoms with Crippen molar-refractivity contribution in [2.45, 2.75) is 39.2 Å². The molecule has 17 heavy (non-hydrogen) atoms. The number of rotatable bonds is 7. The van der Waals surface area contributed by atoms with E-state index in [4.69, 9.17) is 9.47 Å². The number of para-hydroxylation sites is 1. The summed E-state index contributed by atoms with van der Waals surface area (Å²) < 4.78 is 10.5. The molecule has 0 bridgehead atoms. The lowest BCUT2D eigenvalue weighted by Gasteiger charge is -2.17. The van der Waals surface area contributed by atoms with Gasteiger partial charge in [-0.3, -0.25) is 4.79 Å². The fourth-order valence-corrected chi connectivity index (χ4v) is 1.58. The standard InChI is InChI=1S/C14H20O3/c1-4-11(2)13-7-5-6-8-14(13)16-9-12(3)17-10-15/h5-8,10-12H,4,9H2,1-3H3/t11-,12-/m0/s1. The second-order valence-corrected chi connectivity index (χ2v) is 4.20. The molecule has 0 N–H and O–H groups in total. The summed E-state index contributed by atoms with van der Waals surface area (Å²) in [5, 5.41) is 0. The molecule has 0 spiro atoms. The van der Waals surface area contributed by atoms with Gasteiger partial charge in [0.1, 0.15) is 18.5 Å². The molecule has 0 radical (unpaired) electrons. The fourth-order valence-electron chi connectivity index (χ4n) is 1.58. The maximum absolute atomic E-state index is 10.2. The molecule has 0 aliphatic heterocycles. The molecule has 0 saturated heterocycles. The van der Waals surface area contributed by atoms with Gasteiger partial charge in [0.05, 0.1) is 0 Å². The summed E-state index contributed by atoms with van der Waals surface area (Å²) in [4.78, 5) is 10.2. The van der Waals surface area contributed by atoms with Gasteiger partial charge in [0.2, 0.25) is 0 Å². The number of ether oxygens (including phenoxy) is 2. The van der Waals surface area contributed by atoms with Crippen molar-refractivity contribution in [3.05, 3.63) is 29.8 Å². The largest absolute Gasteiger partial charge is 0.489 e. The molecule has 1 rings (SSSR count). The average Bonchev–Trinajstić information content (AvgIpc) is 2.36. The number of hydrogen-bond donors (Lipinski definition) is 0. The minimum atomic E-state index is -0.225. The van der Waals surface area contributed by atoms with Crippen molar-refractivity contribution in [2.24, 2.45) is 0 Å². The molecule has 94 valence electrons. The molecule has 3 heteroatoms. The van der Waals surface area contributed by atoms with Gasteiger partial charge in [-0.05, 0) is 30.9 Å². The van der Waals surface area contributed by atoms with Gasteiger partial charge in [0.15, 0.2) is 0 Å². The van der Waals surface area contributed by atoms with Crippen LogP contribution in [-0.2, 0) is 9.53 Å². The van der Waals surface area contributed by atoms with E-state index in [0.29, 0.717) is 19.0 Å². The maximum Gasteiger partial charge on any atom is 0.293 e. The molecule has 1 aromatic rings. The van der Waals surface area contributed by atoms with Crippen LogP contribution in [0.1, 0.15) is 38.7 Å². The monoisotopic (exact) mass is 236 g/mol. The van der Waals surface area contributed by atoms with E-state index in [9.17, 15) is 4.79 Å². The molecule has 0 amide bonds. The normalized spacial score (nSPS) is 13.8. The van der Waals surface area contributed by atoms with E-state index in [2.05, 4.69) is 19.9 Å². The van der Waals surface area contributed by atoms with E-state index in [0.717, 1.165) is 12.2 Å². The Morgan fingerprint density at radius 2 is 2.00 bits per heavy atom. The van der Waals surface area contributed by atoms with Gasteiger partial charge < -0.3 is 9.47 Å². The zero-order chi connectivity index (χ0) is 12.7. The van der Waals surface area contributed by atoms with Crippen molar-refractivity contribution in [3.8, 4) is 5.75 Å². The maximum atomic E-state index is 10.2. The van der Waals surface area contributed by atoms with E-state index in [1.54, 1.807) is 6.92 Å². The lowest BCUT2D eigenvalue weighted by atomic mass is 9.98. The van der Waals surface area contributed by atoms with Crippen LogP contribution in [0.5, 0.6) is 5.75 Å². The van der Waals surface area contributed by atoms with Crippen molar-refractivity contribution in [2.75, 3.05) is 6.61 Å². The SMILES string of the molecule is CC[C@H](C)c1ccccc1OC[C@H](C)OC=O. The van der Waals surface area contributed by atoms with E-state index in [-0.39, 0.29) is 6.10 Å². The highest BCUT2D eigenvalue weighted by Crippen LogP contribution is 2.28. The highest BCUT2D eigenvalue weighted by Gasteiger charge is 2.10. The van der Waals surface area contributed by atoms with Gasteiger partial charge in [-0.15, -0.1) is 0 Å². The molecule has 3 nitrogen and oxygen atoms in total. The smallest absolute Gasteiger partial charge is 0.293 e. The lowest BCUT2D eigenvalue weighted by Crippen LogP contribution is -2.17. The Morgan fingerprint density at radius 1 is 1.29 bits per heavy atom. The van der Waals surface area contributed by atoms with Gasteiger partial charge in [-0.25, -0.2) is 0 Å². The first-order valence-corrected chi connectivity index (χ1v) is 5.99. The number of benzene rings is 1. The molecule has 2 atom stereocenters. The van der Waals surface area contributed by atoms with Crippen LogP contribution in [0.2, 0.25) is 0 Å². The van der Waals surface area contributed by atoms with Crippen molar-refractivity contribution < 1.29 is 14.3 Å². The third-order valence-corrected chi connectivity index (χ3v) is 2.82. The molecule has 1 aromatic carbocycles. The fraction of sp³-hybridized carbons (Fsp3) is 0.500. The summed E-state index contributed by atoms with van der Waals surface area (Å²) in [7, 11) is 0. The topological polar surface area (TPSA) is 35.5 Å². The number of carbonyl (C=O) groups is 1. The van der Waals surface area contributed by atoms with Crippen molar-refractivity contribution in [3.63, 3.8) is 0 Å². The van der Waals surface area contributed by atoms with Crippen LogP contribution in [0.25, 0.3) is 0 Å². The van der Waals surface area contributed by atoms with Gasteiger partial charge in [-0.1, -0.05) is 32.0 Å². The van der Waals surface area contributed by atoms with E-state index in [1.165, 1.54) is 5.56 Å². The zero-order valence-electron chi connectivity index (χ0n) is 10.7. The van der Waals surface area contributed by atoms with Crippen LogP contribution >= 0.6 is 0 Å². The third-order valence-electron chi connectivity index (χ3n) is 2.82. The Kier molecular flexibility index (Phi) is 5.53. The van der Waals surface area contributed by atoms with E-state index < -0.39 is 0 Å². The summed E-state index contributed by atoms with van der Waals surface area (Å²) in [5.74, 6) is 1.34. The van der Waals surface area contributed by atoms with Crippen LogP contribution in [0.3, 0.4) is 0 Å². The molecular formula is C14H20O3. The zero-order valence-corrected chi connectivity index (χ0v) is 10.7. The van der Waals surface area contributed by atoms with Crippen LogP contribution in [-0.4, -0.2) is 19.2 Å². The van der Waals surface area contributed by atoms with Gasteiger partial charge in [0, 0.05) is 0 Å². The molecule has 0 aromatic heterocycles. The van der Waals surface area contributed by atoms with Crippen molar-refractivity contribution in [1.82, 2.24) is 0 Å². The summed E-state index contributed by atoms with van der Waals surface area (Å²) >= 11 is 0. The molecule has 0 aliphatic rings. The second-order valence-electron chi connectivity index (χ2n) is 4.20. The summed E-state index contributed by atoms with van der Waals surface area (Å²) in [6.07, 6.45) is 0.846. The minimum Gasteiger partial charge on any atom is -0.489 e. The Balaban J connectivity index is 2.66. The molecule has 0 fully saturated rings. The van der Waals surface area contributed by atoms with Gasteiger partial charge in [-0.2, -0.15) is 0 Å². The number of carbonyl (C=O) groups excluding carboxylic acids is 1. The predicted octanol–water partition coefficient (Wildman–Crippen LogP) is 3.14. The first-order chi connectivity index (χ1) is 8.19. The van der Waals surface area contributed by atoms with Crippen molar-refractivity contribution >= 4 is 6.47 Å². The highest BCUT2D eigenvalue weighted by molar-refractivity contribution is 5.37. The van der Waals surface area contributed by atoms with Gasteiger partial charge >= 0.3 is 0 Å². The first-order valence-electron chi connectivity index (χ1n) is 5.99. The molecule has 0 saturated carbocycles. The van der Waals surface area contributed by atoms with Crippen LogP contribution < -0.4 is 4.74 Å². The van der Waals surface area contributed by atoms with E-state index in [1.807, 2.05) is 18.2 Å². The average molecular weight is 236 g/mol. The Hall–Kier alpha value is -1.51. The third kappa shape index (κ3) is 4.10. The van der Waals surface area contributed by atoms with Crippen LogP contribution in [0, 0.1) is 0 Å². The predicted molar refractivity (Wildman–Crippen MR) is 67.3 cm³/mol. The van der Waals surface area contributed by atoms with E-state index >= 15 is 0 Å². The second kappa shape index (κ2) is 6.94.